The van der Waals surface area contributed by atoms with Gasteiger partial charge in [-0.2, -0.15) is 0 Å². The van der Waals surface area contributed by atoms with Crippen molar-refractivity contribution >= 4 is 21.7 Å². The van der Waals surface area contributed by atoms with Gasteiger partial charge in [0, 0.05) is 16.7 Å². The van der Waals surface area contributed by atoms with E-state index in [0.717, 1.165) is 4.47 Å². The number of rotatable bonds is 2. The van der Waals surface area contributed by atoms with Crippen molar-refractivity contribution in [2.24, 2.45) is 0 Å². The second-order valence-corrected chi connectivity index (χ2v) is 4.01. The predicted octanol–water partition coefficient (Wildman–Crippen LogP) is 3.36. The van der Waals surface area contributed by atoms with Crippen molar-refractivity contribution in [3.63, 3.8) is 0 Å². The van der Waals surface area contributed by atoms with E-state index in [1.54, 1.807) is 18.2 Å². The number of nitrogens with zero attached hydrogens (tertiary/aromatic N) is 1. The molecule has 82 valence electrons. The van der Waals surface area contributed by atoms with Gasteiger partial charge in [0.15, 0.2) is 11.6 Å². The number of benzene rings is 1. The molecule has 0 aliphatic rings. The molecule has 0 aliphatic heterocycles. The fourth-order valence-corrected chi connectivity index (χ4v) is 1.51. The Hall–Kier alpha value is -1.62. The lowest BCUT2D eigenvalue weighted by molar-refractivity contribution is 0.441. The molecule has 0 unspecified atom stereocenters. The van der Waals surface area contributed by atoms with Gasteiger partial charge in [-0.05, 0) is 24.3 Å². The molecule has 0 radical (unpaired) electrons. The lowest BCUT2D eigenvalue weighted by Gasteiger charge is -2.07. The normalized spacial score (nSPS) is 10.1. The molecule has 0 amide bonds. The third-order valence-electron chi connectivity index (χ3n) is 1.87. The van der Waals surface area contributed by atoms with E-state index in [2.05, 4.69) is 20.9 Å². The van der Waals surface area contributed by atoms with Crippen molar-refractivity contribution in [3.8, 4) is 11.5 Å². The van der Waals surface area contributed by atoms with Crippen LogP contribution < -0.4 is 10.5 Å². The third-order valence-corrected chi connectivity index (χ3v) is 2.37. The topological polar surface area (TPSA) is 48.1 Å². The van der Waals surface area contributed by atoms with Gasteiger partial charge < -0.3 is 10.5 Å². The Bertz CT molecular complexity index is 519. The molecule has 1 aromatic heterocycles. The van der Waals surface area contributed by atoms with E-state index >= 15 is 0 Å². The maximum atomic E-state index is 13.4. The van der Waals surface area contributed by atoms with Gasteiger partial charge in [-0.3, -0.25) is 0 Å². The molecule has 5 heteroatoms. The molecule has 2 rings (SSSR count). The summed E-state index contributed by atoms with van der Waals surface area (Å²) < 4.78 is 19.5. The highest BCUT2D eigenvalue weighted by molar-refractivity contribution is 9.10. The fraction of sp³-hybridized carbons (Fsp3) is 0. The molecule has 1 aromatic carbocycles. The van der Waals surface area contributed by atoms with Crippen molar-refractivity contribution in [2.75, 3.05) is 5.73 Å². The van der Waals surface area contributed by atoms with Crippen LogP contribution >= 0.6 is 15.9 Å². The first-order valence-corrected chi connectivity index (χ1v) is 5.29. The van der Waals surface area contributed by atoms with Crippen molar-refractivity contribution in [1.82, 2.24) is 4.98 Å². The molecular formula is C11H8BrFN2O. The van der Waals surface area contributed by atoms with Crippen LogP contribution in [0, 0.1) is 5.82 Å². The summed E-state index contributed by atoms with van der Waals surface area (Å²) in [6.07, 6.45) is 1.50. The van der Waals surface area contributed by atoms with Crippen LogP contribution in [-0.2, 0) is 0 Å². The monoisotopic (exact) mass is 282 g/mol. The van der Waals surface area contributed by atoms with Gasteiger partial charge in [-0.25, -0.2) is 9.37 Å². The number of hydrogen-bond acceptors (Lipinski definition) is 3. The van der Waals surface area contributed by atoms with Crippen LogP contribution in [0.1, 0.15) is 0 Å². The molecule has 0 aliphatic carbocycles. The van der Waals surface area contributed by atoms with Crippen LogP contribution in [0.15, 0.2) is 41.0 Å². The average Bonchev–Trinajstić information content (AvgIpc) is 2.24. The summed E-state index contributed by atoms with van der Waals surface area (Å²) in [5.74, 6) is 0.482. The zero-order chi connectivity index (χ0) is 11.5. The van der Waals surface area contributed by atoms with Crippen LogP contribution in [-0.4, -0.2) is 4.98 Å². The molecule has 0 atom stereocenters. The molecule has 0 bridgehead atoms. The molecule has 0 spiro atoms. The summed E-state index contributed by atoms with van der Waals surface area (Å²) in [5, 5.41) is 0. The first-order valence-electron chi connectivity index (χ1n) is 4.49. The zero-order valence-electron chi connectivity index (χ0n) is 8.15. The highest BCUT2D eigenvalue weighted by Crippen LogP contribution is 2.27. The molecule has 16 heavy (non-hydrogen) atoms. The summed E-state index contributed by atoms with van der Waals surface area (Å²) in [6.45, 7) is 0. The van der Waals surface area contributed by atoms with Crippen molar-refractivity contribution in [2.45, 2.75) is 0 Å². The first-order chi connectivity index (χ1) is 7.65. The van der Waals surface area contributed by atoms with Gasteiger partial charge in [0.05, 0.1) is 0 Å². The van der Waals surface area contributed by atoms with E-state index in [1.165, 1.54) is 18.3 Å². The molecule has 0 saturated heterocycles. The number of hydrogen-bond donors (Lipinski definition) is 1. The van der Waals surface area contributed by atoms with Crippen molar-refractivity contribution < 1.29 is 9.13 Å². The van der Waals surface area contributed by atoms with Gasteiger partial charge in [-0.1, -0.05) is 15.9 Å². The second-order valence-electron chi connectivity index (χ2n) is 3.09. The van der Waals surface area contributed by atoms with Gasteiger partial charge in [0.1, 0.15) is 11.6 Å². The lowest BCUT2D eigenvalue weighted by atomic mass is 10.3. The smallest absolute Gasteiger partial charge is 0.165 e. The van der Waals surface area contributed by atoms with Gasteiger partial charge in [0.25, 0.3) is 0 Å². The zero-order valence-corrected chi connectivity index (χ0v) is 9.74. The first kappa shape index (κ1) is 10.9. The fourth-order valence-electron chi connectivity index (χ4n) is 1.17. The van der Waals surface area contributed by atoms with Crippen LogP contribution in [0.5, 0.6) is 11.5 Å². The second kappa shape index (κ2) is 4.49. The number of ether oxygens (including phenoxy) is 1. The number of nitrogen functional groups attached to an aromatic ring is 1. The minimum atomic E-state index is -0.432. The summed E-state index contributed by atoms with van der Waals surface area (Å²) in [5.41, 5.74) is 5.49. The molecule has 3 nitrogen and oxygen atoms in total. The largest absolute Gasteiger partial charge is 0.454 e. The molecule has 1 heterocycles. The van der Waals surface area contributed by atoms with E-state index in [9.17, 15) is 4.39 Å². The van der Waals surface area contributed by atoms with Gasteiger partial charge in [0.2, 0.25) is 0 Å². The Morgan fingerprint density at radius 2 is 2.06 bits per heavy atom. The Balaban J connectivity index is 2.30. The standard InChI is InChI=1S/C11H8BrFN2O/c12-7-1-2-9(13)10(5-7)16-8-3-4-15-11(14)6-8/h1-6H,(H2,14,15). The van der Waals surface area contributed by atoms with E-state index in [1.807, 2.05) is 0 Å². The third kappa shape index (κ3) is 2.49. The summed E-state index contributed by atoms with van der Waals surface area (Å²) in [4.78, 5) is 3.82. The van der Waals surface area contributed by atoms with Gasteiger partial charge >= 0.3 is 0 Å². The van der Waals surface area contributed by atoms with Crippen LogP contribution in [0.3, 0.4) is 0 Å². The number of halogens is 2. The average molecular weight is 283 g/mol. The minimum absolute atomic E-state index is 0.139. The van der Waals surface area contributed by atoms with E-state index in [-0.39, 0.29) is 5.75 Å². The maximum absolute atomic E-state index is 13.4. The molecule has 0 saturated carbocycles. The predicted molar refractivity (Wildman–Crippen MR) is 62.8 cm³/mol. The highest BCUT2D eigenvalue weighted by Gasteiger charge is 2.05. The SMILES string of the molecule is Nc1cc(Oc2cc(Br)ccc2F)ccn1. The number of pyridine rings is 1. The van der Waals surface area contributed by atoms with Crippen LogP contribution in [0.25, 0.3) is 0 Å². The maximum Gasteiger partial charge on any atom is 0.165 e. The van der Waals surface area contributed by atoms with Crippen LogP contribution in [0.2, 0.25) is 0 Å². The Morgan fingerprint density at radius 1 is 1.25 bits per heavy atom. The van der Waals surface area contributed by atoms with Crippen LogP contribution in [0.4, 0.5) is 10.2 Å². The van der Waals surface area contributed by atoms with E-state index in [4.69, 9.17) is 10.5 Å². The summed E-state index contributed by atoms with van der Waals surface area (Å²) in [7, 11) is 0. The quantitative estimate of drug-likeness (QED) is 0.919. The van der Waals surface area contributed by atoms with E-state index < -0.39 is 5.82 Å². The van der Waals surface area contributed by atoms with Gasteiger partial charge in [-0.15, -0.1) is 0 Å². The number of anilines is 1. The van der Waals surface area contributed by atoms with Crippen molar-refractivity contribution in [1.29, 1.82) is 0 Å². The molecule has 2 N–H and O–H groups in total. The number of nitrogens with two attached hydrogens (primary N) is 1. The Labute approximate surface area is 100 Å². The Morgan fingerprint density at radius 3 is 2.81 bits per heavy atom. The summed E-state index contributed by atoms with van der Waals surface area (Å²) >= 11 is 3.24. The highest BCUT2D eigenvalue weighted by atomic mass is 79.9. The van der Waals surface area contributed by atoms with E-state index in [0.29, 0.717) is 11.6 Å². The molecule has 2 aromatic rings. The molecular weight excluding hydrogens is 275 g/mol. The number of aromatic nitrogens is 1. The molecule has 0 fully saturated rings. The Kier molecular flexibility index (Phi) is 3.05. The summed E-state index contributed by atoms with van der Waals surface area (Å²) in [6, 6.07) is 7.61. The minimum Gasteiger partial charge on any atom is -0.454 e. The van der Waals surface area contributed by atoms with Crippen molar-refractivity contribution in [3.05, 3.63) is 46.8 Å². The lowest BCUT2D eigenvalue weighted by Crippen LogP contribution is -1.92.